The van der Waals surface area contributed by atoms with Gasteiger partial charge in [0.1, 0.15) is 0 Å². The summed E-state index contributed by atoms with van der Waals surface area (Å²) in [5.74, 6) is 1.67. The lowest BCUT2D eigenvalue weighted by atomic mass is 10.2. The van der Waals surface area contributed by atoms with Crippen molar-refractivity contribution in [3.8, 4) is 22.9 Å². The maximum atomic E-state index is 9.29. The first kappa shape index (κ1) is 14.6. The highest BCUT2D eigenvalue weighted by atomic mass is 35.5. The number of hydrogen-bond donors (Lipinski definition) is 1. The molecule has 108 valence electrons. The molecule has 7 heteroatoms. The Bertz CT molecular complexity index is 598. The molecule has 0 bridgehead atoms. The van der Waals surface area contributed by atoms with Crippen LogP contribution < -0.4 is 9.47 Å². The van der Waals surface area contributed by atoms with Gasteiger partial charge in [-0.2, -0.15) is 4.98 Å². The minimum absolute atomic E-state index is 0.300. The van der Waals surface area contributed by atoms with Crippen LogP contribution in [-0.2, 0) is 6.42 Å². The van der Waals surface area contributed by atoms with Gasteiger partial charge < -0.3 is 19.1 Å². The van der Waals surface area contributed by atoms with E-state index in [1.807, 2.05) is 0 Å². The van der Waals surface area contributed by atoms with E-state index in [9.17, 15) is 5.11 Å². The molecule has 20 heavy (non-hydrogen) atoms. The summed E-state index contributed by atoms with van der Waals surface area (Å²) in [6.45, 7) is 1.65. The maximum absolute atomic E-state index is 9.29. The molecule has 1 aromatic heterocycles. The molecule has 0 saturated carbocycles. The lowest BCUT2D eigenvalue weighted by molar-refractivity contribution is 0.181. The number of aliphatic hydroxyl groups is 1. The van der Waals surface area contributed by atoms with Gasteiger partial charge in [0.05, 0.1) is 31.8 Å². The summed E-state index contributed by atoms with van der Waals surface area (Å²) >= 11 is 6.12. The Hall–Kier alpha value is -1.79. The number of rotatable bonds is 5. The van der Waals surface area contributed by atoms with Crippen LogP contribution in [0.4, 0.5) is 0 Å². The lowest BCUT2D eigenvalue weighted by Crippen LogP contribution is -2.04. The van der Waals surface area contributed by atoms with Crippen LogP contribution in [0.3, 0.4) is 0 Å². The quantitative estimate of drug-likeness (QED) is 0.913. The van der Waals surface area contributed by atoms with Crippen molar-refractivity contribution in [2.24, 2.45) is 0 Å². The van der Waals surface area contributed by atoms with Gasteiger partial charge >= 0.3 is 0 Å². The Kier molecular flexibility index (Phi) is 4.46. The Morgan fingerprint density at radius 1 is 1.35 bits per heavy atom. The molecule has 0 spiro atoms. The van der Waals surface area contributed by atoms with E-state index in [1.54, 1.807) is 19.1 Å². The first-order valence-electron chi connectivity index (χ1n) is 5.97. The topological polar surface area (TPSA) is 77.6 Å². The predicted octanol–water partition coefficient (Wildman–Crippen LogP) is 2.33. The SMILES string of the molecule is COc1cc(-c2noc(CC(C)O)n2)cc(Cl)c1OC. The molecule has 1 unspecified atom stereocenters. The summed E-state index contributed by atoms with van der Waals surface area (Å²) in [5, 5.41) is 13.5. The first-order valence-corrected chi connectivity index (χ1v) is 6.35. The molecule has 1 atom stereocenters. The number of aromatic nitrogens is 2. The van der Waals surface area contributed by atoms with Crippen molar-refractivity contribution in [3.63, 3.8) is 0 Å². The van der Waals surface area contributed by atoms with Gasteiger partial charge in [0.15, 0.2) is 11.5 Å². The number of ether oxygens (including phenoxy) is 2. The number of nitrogens with zero attached hydrogens (tertiary/aromatic N) is 2. The van der Waals surface area contributed by atoms with E-state index in [4.69, 9.17) is 25.6 Å². The van der Waals surface area contributed by atoms with Crippen molar-refractivity contribution in [2.45, 2.75) is 19.4 Å². The van der Waals surface area contributed by atoms with Crippen molar-refractivity contribution in [1.82, 2.24) is 10.1 Å². The molecule has 2 aromatic rings. The smallest absolute Gasteiger partial charge is 0.229 e. The fourth-order valence-corrected chi connectivity index (χ4v) is 2.04. The van der Waals surface area contributed by atoms with Gasteiger partial charge in [0, 0.05) is 5.56 Å². The van der Waals surface area contributed by atoms with Crippen LogP contribution in [0.15, 0.2) is 16.7 Å². The molecule has 0 saturated heterocycles. The van der Waals surface area contributed by atoms with Crippen molar-refractivity contribution >= 4 is 11.6 Å². The summed E-state index contributed by atoms with van der Waals surface area (Å²) in [6.07, 6.45) is -0.245. The van der Waals surface area contributed by atoms with Gasteiger partial charge in [0.25, 0.3) is 0 Å². The van der Waals surface area contributed by atoms with Gasteiger partial charge in [-0.25, -0.2) is 0 Å². The van der Waals surface area contributed by atoms with E-state index in [-0.39, 0.29) is 0 Å². The molecule has 0 aliphatic heterocycles. The third-order valence-electron chi connectivity index (χ3n) is 2.63. The summed E-state index contributed by atoms with van der Waals surface area (Å²) in [5.41, 5.74) is 0.647. The molecule has 0 fully saturated rings. The van der Waals surface area contributed by atoms with Crippen molar-refractivity contribution in [2.75, 3.05) is 14.2 Å². The van der Waals surface area contributed by atoms with Crippen LogP contribution in [0.1, 0.15) is 12.8 Å². The fraction of sp³-hybridized carbons (Fsp3) is 0.385. The zero-order valence-corrected chi connectivity index (χ0v) is 12.1. The fourth-order valence-electron chi connectivity index (χ4n) is 1.75. The second-order valence-corrected chi connectivity index (χ2v) is 4.67. The van der Waals surface area contributed by atoms with E-state index in [2.05, 4.69) is 10.1 Å². The Morgan fingerprint density at radius 2 is 2.10 bits per heavy atom. The Labute approximate surface area is 121 Å². The van der Waals surface area contributed by atoms with Crippen LogP contribution >= 0.6 is 11.6 Å². The van der Waals surface area contributed by atoms with Gasteiger partial charge in [-0.15, -0.1) is 0 Å². The minimum Gasteiger partial charge on any atom is -0.493 e. The van der Waals surface area contributed by atoms with Gasteiger partial charge in [-0.3, -0.25) is 0 Å². The van der Waals surface area contributed by atoms with Gasteiger partial charge in [0.2, 0.25) is 11.7 Å². The zero-order valence-electron chi connectivity index (χ0n) is 11.4. The number of halogens is 1. The summed E-state index contributed by atoms with van der Waals surface area (Å²) in [7, 11) is 3.03. The molecule has 0 aliphatic carbocycles. The van der Waals surface area contributed by atoms with Crippen LogP contribution in [0.25, 0.3) is 11.4 Å². The van der Waals surface area contributed by atoms with Crippen LogP contribution in [0, 0.1) is 0 Å². The molecule has 6 nitrogen and oxygen atoms in total. The highest BCUT2D eigenvalue weighted by Gasteiger charge is 2.16. The minimum atomic E-state index is -0.544. The number of hydrogen-bond acceptors (Lipinski definition) is 6. The average molecular weight is 299 g/mol. The second kappa shape index (κ2) is 6.11. The number of aliphatic hydroxyl groups excluding tert-OH is 1. The molecular weight excluding hydrogens is 284 g/mol. The average Bonchev–Trinajstić information content (AvgIpc) is 2.85. The van der Waals surface area contributed by atoms with E-state index < -0.39 is 6.10 Å². The van der Waals surface area contributed by atoms with Gasteiger partial charge in [-0.1, -0.05) is 16.8 Å². The van der Waals surface area contributed by atoms with E-state index in [0.717, 1.165) is 0 Å². The van der Waals surface area contributed by atoms with E-state index in [0.29, 0.717) is 40.2 Å². The zero-order chi connectivity index (χ0) is 14.7. The standard InChI is InChI=1S/C13H15ClN2O4/c1-7(17)4-11-15-13(16-20-11)8-5-9(14)12(19-3)10(6-8)18-2/h5-7,17H,4H2,1-3H3. The van der Waals surface area contributed by atoms with Crippen LogP contribution in [0.5, 0.6) is 11.5 Å². The van der Waals surface area contributed by atoms with Crippen molar-refractivity contribution in [1.29, 1.82) is 0 Å². The highest BCUT2D eigenvalue weighted by molar-refractivity contribution is 6.32. The molecule has 2 rings (SSSR count). The molecule has 1 aromatic carbocycles. The number of benzene rings is 1. The normalized spacial score (nSPS) is 12.2. The highest BCUT2D eigenvalue weighted by Crippen LogP contribution is 2.38. The molecular formula is C13H15ClN2O4. The van der Waals surface area contributed by atoms with E-state index in [1.165, 1.54) is 14.2 Å². The summed E-state index contributed by atoms with van der Waals surface area (Å²) in [6, 6.07) is 3.38. The summed E-state index contributed by atoms with van der Waals surface area (Å²) < 4.78 is 15.4. The third kappa shape index (κ3) is 3.02. The molecule has 0 radical (unpaired) electrons. The maximum Gasteiger partial charge on any atom is 0.229 e. The molecule has 0 amide bonds. The van der Waals surface area contributed by atoms with Crippen LogP contribution in [-0.4, -0.2) is 35.6 Å². The molecule has 1 N–H and O–H groups in total. The summed E-state index contributed by atoms with van der Waals surface area (Å²) in [4.78, 5) is 4.20. The van der Waals surface area contributed by atoms with Gasteiger partial charge in [-0.05, 0) is 19.1 Å². The largest absolute Gasteiger partial charge is 0.493 e. The lowest BCUT2D eigenvalue weighted by Gasteiger charge is -2.10. The van der Waals surface area contributed by atoms with Crippen molar-refractivity contribution < 1.29 is 19.1 Å². The molecule has 0 aliphatic rings. The first-order chi connectivity index (χ1) is 9.55. The third-order valence-corrected chi connectivity index (χ3v) is 2.91. The Morgan fingerprint density at radius 3 is 2.70 bits per heavy atom. The monoisotopic (exact) mass is 298 g/mol. The number of methoxy groups -OCH3 is 2. The van der Waals surface area contributed by atoms with Crippen molar-refractivity contribution in [3.05, 3.63) is 23.0 Å². The molecule has 1 heterocycles. The van der Waals surface area contributed by atoms with Crippen LogP contribution in [0.2, 0.25) is 5.02 Å². The van der Waals surface area contributed by atoms with E-state index >= 15 is 0 Å². The second-order valence-electron chi connectivity index (χ2n) is 4.26. The predicted molar refractivity (Wildman–Crippen MR) is 73.2 cm³/mol. The Balaban J connectivity index is 2.37.